The van der Waals surface area contributed by atoms with E-state index in [-0.39, 0.29) is 17.9 Å². The van der Waals surface area contributed by atoms with Crippen molar-refractivity contribution in [2.24, 2.45) is 16.5 Å². The van der Waals surface area contributed by atoms with Gasteiger partial charge in [-0.1, -0.05) is 23.7 Å². The molecule has 0 saturated carbocycles. The highest BCUT2D eigenvalue weighted by atomic mass is 35.5. The smallest absolute Gasteiger partial charge is 0.414 e. The highest BCUT2D eigenvalue weighted by molar-refractivity contribution is 6.31. The first kappa shape index (κ1) is 26.0. The number of hydrogen-bond acceptors (Lipinski definition) is 7. The molecule has 37 heavy (non-hydrogen) atoms. The van der Waals surface area contributed by atoms with Crippen LogP contribution in [0.2, 0.25) is 5.02 Å². The molecule has 1 aliphatic heterocycles. The molecule has 0 bridgehead atoms. The van der Waals surface area contributed by atoms with Crippen molar-refractivity contribution < 1.29 is 9.53 Å². The summed E-state index contributed by atoms with van der Waals surface area (Å²) in [6.07, 6.45) is -0.634. The molecule has 0 atom stereocenters. The Morgan fingerprint density at radius 1 is 1.11 bits per heavy atom. The maximum Gasteiger partial charge on any atom is 0.414 e. The Labute approximate surface area is 220 Å². The van der Waals surface area contributed by atoms with Gasteiger partial charge in [-0.25, -0.2) is 14.8 Å². The summed E-state index contributed by atoms with van der Waals surface area (Å²) < 4.78 is 5.24. The number of nitrogens with zero attached hydrogens (tertiary/aromatic N) is 5. The topological polar surface area (TPSA) is 159 Å². The van der Waals surface area contributed by atoms with Gasteiger partial charge in [0.2, 0.25) is 5.96 Å². The number of halogens is 1. The number of anilines is 1. The largest absolute Gasteiger partial charge is 0.444 e. The fraction of sp³-hybridized carbons (Fsp3) is 0.320. The van der Waals surface area contributed by atoms with Crippen molar-refractivity contribution in [1.29, 1.82) is 5.41 Å². The van der Waals surface area contributed by atoms with Crippen molar-refractivity contribution in [1.82, 2.24) is 20.2 Å². The molecule has 0 radical (unpaired) electrons. The summed E-state index contributed by atoms with van der Waals surface area (Å²) in [5, 5.41) is 12.1. The third kappa shape index (κ3) is 6.56. The van der Waals surface area contributed by atoms with Crippen molar-refractivity contribution in [3.8, 4) is 11.3 Å². The number of aliphatic imine (C=N–C) groups is 1. The van der Waals surface area contributed by atoms with Gasteiger partial charge in [0.25, 0.3) is 5.95 Å². The Balaban J connectivity index is 1.53. The number of aromatic nitrogens is 2. The third-order valence-corrected chi connectivity index (χ3v) is 5.81. The van der Waals surface area contributed by atoms with Crippen LogP contribution in [0.1, 0.15) is 20.8 Å². The standard InChI is InChI=1S/C25H30ClN9O2/c1-25(2,3)37-24(36)33-22(29)35-11-9-34(10-12-35)17-6-4-5-15(13-17)20-18-14-16(26)7-8-19(18)30-23(31-20)32-21(27)28/h4-8,13-14H,9-12H2,1-3H3,(H2,29,33,36)(H4,27,28,30,31,32). The minimum Gasteiger partial charge on any atom is -0.444 e. The number of amides is 1. The van der Waals surface area contributed by atoms with E-state index >= 15 is 0 Å². The molecule has 1 saturated heterocycles. The number of guanidine groups is 2. The number of piperazine rings is 1. The molecule has 194 valence electrons. The molecule has 4 rings (SSSR count). The van der Waals surface area contributed by atoms with Gasteiger partial charge in [0.15, 0.2) is 5.96 Å². The van der Waals surface area contributed by atoms with Crippen LogP contribution < -0.4 is 21.7 Å². The molecule has 12 heteroatoms. The number of rotatable bonds is 3. The highest BCUT2D eigenvalue weighted by Gasteiger charge is 2.23. The fourth-order valence-corrected chi connectivity index (χ4v) is 4.16. The predicted molar refractivity (Wildman–Crippen MR) is 146 cm³/mol. The van der Waals surface area contributed by atoms with Gasteiger partial charge in [-0.15, -0.1) is 0 Å². The number of carbonyl (C=O) groups is 1. The molecule has 0 spiro atoms. The van der Waals surface area contributed by atoms with E-state index in [4.69, 9.17) is 33.2 Å². The molecule has 0 aliphatic carbocycles. The van der Waals surface area contributed by atoms with Gasteiger partial charge >= 0.3 is 6.09 Å². The van der Waals surface area contributed by atoms with Gasteiger partial charge in [-0.2, -0.15) is 4.99 Å². The summed E-state index contributed by atoms with van der Waals surface area (Å²) in [7, 11) is 0. The van der Waals surface area contributed by atoms with Crippen LogP contribution in [0.25, 0.3) is 22.2 Å². The lowest BCUT2D eigenvalue weighted by Gasteiger charge is -2.37. The highest BCUT2D eigenvalue weighted by Crippen LogP contribution is 2.32. The van der Waals surface area contributed by atoms with Gasteiger partial charge in [-0.05, 0) is 51.1 Å². The summed E-state index contributed by atoms with van der Waals surface area (Å²) in [6, 6.07) is 13.4. The molecular weight excluding hydrogens is 494 g/mol. The zero-order valence-corrected chi connectivity index (χ0v) is 21.7. The Hall–Kier alpha value is -4.12. The normalized spacial score (nSPS) is 13.8. The molecule has 2 aromatic carbocycles. The minimum absolute atomic E-state index is 0.0271. The molecule has 0 unspecified atom stereocenters. The number of ether oxygens (including phenoxy) is 1. The average molecular weight is 524 g/mol. The minimum atomic E-state index is -0.634. The molecule has 1 aliphatic rings. The summed E-state index contributed by atoms with van der Waals surface area (Å²) >= 11 is 6.27. The Morgan fingerprint density at radius 3 is 2.51 bits per heavy atom. The summed E-state index contributed by atoms with van der Waals surface area (Å²) in [6.45, 7) is 7.81. The van der Waals surface area contributed by atoms with E-state index in [1.165, 1.54) is 0 Å². The Bertz CT molecular complexity index is 1360. The fourth-order valence-electron chi connectivity index (χ4n) is 3.99. The van der Waals surface area contributed by atoms with Gasteiger partial charge in [0.1, 0.15) is 5.60 Å². The van der Waals surface area contributed by atoms with Crippen LogP contribution in [-0.4, -0.2) is 64.7 Å². The van der Waals surface area contributed by atoms with E-state index in [1.54, 1.807) is 32.9 Å². The lowest BCUT2D eigenvalue weighted by Crippen LogP contribution is -2.53. The van der Waals surface area contributed by atoms with E-state index in [1.807, 2.05) is 35.2 Å². The lowest BCUT2D eigenvalue weighted by molar-refractivity contribution is 0.0555. The first-order chi connectivity index (χ1) is 17.5. The lowest BCUT2D eigenvalue weighted by atomic mass is 10.1. The number of nitrogens with two attached hydrogens (primary N) is 2. The summed E-state index contributed by atoms with van der Waals surface area (Å²) in [4.78, 5) is 29.1. The molecule has 1 aromatic heterocycles. The van der Waals surface area contributed by atoms with E-state index in [2.05, 4.69) is 25.2 Å². The average Bonchev–Trinajstić information content (AvgIpc) is 2.82. The van der Waals surface area contributed by atoms with Gasteiger partial charge in [0.05, 0.1) is 11.2 Å². The van der Waals surface area contributed by atoms with E-state index in [9.17, 15) is 4.79 Å². The number of nitrogens with one attached hydrogen (secondary N) is 2. The monoisotopic (exact) mass is 523 g/mol. The molecule has 3 aromatic rings. The van der Waals surface area contributed by atoms with Gasteiger partial charge in [-0.3, -0.25) is 10.7 Å². The Kier molecular flexibility index (Phi) is 7.35. The van der Waals surface area contributed by atoms with Gasteiger partial charge < -0.3 is 26.0 Å². The van der Waals surface area contributed by atoms with E-state index < -0.39 is 11.7 Å². The van der Waals surface area contributed by atoms with Crippen LogP contribution in [0.15, 0.2) is 47.5 Å². The van der Waals surface area contributed by atoms with Crippen molar-refractivity contribution in [3.63, 3.8) is 0 Å². The number of hydrogen-bond donors (Lipinski definition) is 4. The van der Waals surface area contributed by atoms with Crippen LogP contribution >= 0.6 is 11.6 Å². The number of benzene rings is 2. The zero-order chi connectivity index (χ0) is 26.7. The molecule has 11 nitrogen and oxygen atoms in total. The second-order valence-electron chi connectivity index (χ2n) is 9.57. The molecule has 1 amide bonds. The second kappa shape index (κ2) is 10.5. The number of fused-ring (bicyclic) bond motifs is 1. The van der Waals surface area contributed by atoms with Crippen LogP contribution in [-0.2, 0) is 4.74 Å². The quantitative estimate of drug-likeness (QED) is 0.300. The van der Waals surface area contributed by atoms with Crippen molar-refractivity contribution in [2.45, 2.75) is 26.4 Å². The predicted octanol–water partition coefficient (Wildman–Crippen LogP) is 3.44. The second-order valence-corrected chi connectivity index (χ2v) is 10.0. The number of carbonyl (C=O) groups excluding carboxylic acids is 1. The SMILES string of the molecule is CC(C)(C)OC(=O)NC(=N)N1CCN(c2cccc(-c3nc(N=C(N)N)nc4ccc(Cl)cc34)c2)CC1. The van der Waals surface area contributed by atoms with Crippen molar-refractivity contribution in [2.75, 3.05) is 31.1 Å². The maximum absolute atomic E-state index is 12.0. The van der Waals surface area contributed by atoms with E-state index in [0.717, 1.165) is 16.6 Å². The summed E-state index contributed by atoms with van der Waals surface area (Å²) in [5.41, 5.74) is 13.7. The van der Waals surface area contributed by atoms with Gasteiger partial charge in [0, 0.05) is 47.8 Å². The first-order valence-corrected chi connectivity index (χ1v) is 12.1. The maximum atomic E-state index is 12.0. The molecule has 2 heterocycles. The van der Waals surface area contributed by atoms with Crippen LogP contribution in [0, 0.1) is 5.41 Å². The first-order valence-electron chi connectivity index (χ1n) is 11.7. The number of alkyl carbamates (subject to hydrolysis) is 1. The Morgan fingerprint density at radius 2 is 1.84 bits per heavy atom. The third-order valence-electron chi connectivity index (χ3n) is 5.58. The summed E-state index contributed by atoms with van der Waals surface area (Å²) in [5.74, 6) is 0.0664. The molecular formula is C25H30ClN9O2. The molecule has 6 N–H and O–H groups in total. The van der Waals surface area contributed by atoms with Crippen LogP contribution in [0.5, 0.6) is 0 Å². The van der Waals surface area contributed by atoms with Crippen LogP contribution in [0.4, 0.5) is 16.4 Å². The van der Waals surface area contributed by atoms with E-state index in [0.29, 0.717) is 42.4 Å². The van der Waals surface area contributed by atoms with Crippen molar-refractivity contribution >= 4 is 52.2 Å². The van der Waals surface area contributed by atoms with Crippen LogP contribution in [0.3, 0.4) is 0 Å². The zero-order valence-electron chi connectivity index (χ0n) is 21.0. The van der Waals surface area contributed by atoms with Crippen molar-refractivity contribution in [3.05, 3.63) is 47.5 Å². The molecule has 1 fully saturated rings.